The van der Waals surface area contributed by atoms with Crippen LogP contribution in [0.2, 0.25) is 0 Å². The molecule has 2 N–H and O–H groups in total. The van der Waals surface area contributed by atoms with Crippen LogP contribution in [0, 0.1) is 5.82 Å². The molecule has 24 heavy (non-hydrogen) atoms. The van der Waals surface area contributed by atoms with E-state index in [1.807, 2.05) is 0 Å². The SMILES string of the molecule is O=C(C=Cc1ccc(C(=O)NC2CC2)cc1)Nc1ccccc1F. The van der Waals surface area contributed by atoms with E-state index in [2.05, 4.69) is 10.6 Å². The maximum Gasteiger partial charge on any atom is 0.251 e. The van der Waals surface area contributed by atoms with Crippen molar-refractivity contribution >= 4 is 23.6 Å². The Balaban J connectivity index is 1.58. The first-order valence-corrected chi connectivity index (χ1v) is 7.76. The van der Waals surface area contributed by atoms with Gasteiger partial charge in [-0.15, -0.1) is 0 Å². The third-order valence-electron chi connectivity index (χ3n) is 3.64. The van der Waals surface area contributed by atoms with Gasteiger partial charge >= 0.3 is 0 Å². The number of hydrogen-bond acceptors (Lipinski definition) is 2. The van der Waals surface area contributed by atoms with Crippen LogP contribution in [-0.2, 0) is 4.79 Å². The Morgan fingerprint density at radius 3 is 2.42 bits per heavy atom. The fourth-order valence-electron chi connectivity index (χ4n) is 2.15. The van der Waals surface area contributed by atoms with Gasteiger partial charge in [0.15, 0.2) is 0 Å². The van der Waals surface area contributed by atoms with Crippen LogP contribution >= 0.6 is 0 Å². The molecule has 0 saturated heterocycles. The highest BCUT2D eigenvalue weighted by Crippen LogP contribution is 2.19. The molecule has 1 fully saturated rings. The first kappa shape index (κ1) is 15.9. The first-order valence-electron chi connectivity index (χ1n) is 7.76. The molecular weight excluding hydrogens is 307 g/mol. The van der Waals surface area contributed by atoms with Gasteiger partial charge < -0.3 is 10.6 Å². The summed E-state index contributed by atoms with van der Waals surface area (Å²) in [6.07, 6.45) is 5.03. The minimum atomic E-state index is -0.481. The van der Waals surface area contributed by atoms with Crippen molar-refractivity contribution in [2.24, 2.45) is 0 Å². The second-order valence-corrected chi connectivity index (χ2v) is 5.67. The Hall–Kier alpha value is -2.95. The van der Waals surface area contributed by atoms with Crippen LogP contribution in [-0.4, -0.2) is 17.9 Å². The summed E-state index contributed by atoms with van der Waals surface area (Å²) in [4.78, 5) is 23.7. The largest absolute Gasteiger partial charge is 0.349 e. The first-order chi connectivity index (χ1) is 11.6. The molecule has 0 heterocycles. The number of carbonyl (C=O) groups is 2. The smallest absolute Gasteiger partial charge is 0.251 e. The molecule has 2 aromatic rings. The Labute approximate surface area is 139 Å². The summed E-state index contributed by atoms with van der Waals surface area (Å²) in [5.74, 6) is -0.980. The second kappa shape index (κ2) is 7.08. The molecule has 0 aliphatic heterocycles. The monoisotopic (exact) mass is 324 g/mol. The Morgan fingerprint density at radius 1 is 1.04 bits per heavy atom. The standard InChI is InChI=1S/C19H17FN2O2/c20-16-3-1-2-4-17(16)22-18(23)12-7-13-5-8-14(9-6-13)19(24)21-15-10-11-15/h1-9,12,15H,10-11H2,(H,21,24)(H,22,23). The third-order valence-corrected chi connectivity index (χ3v) is 3.64. The van der Waals surface area contributed by atoms with Crippen molar-refractivity contribution in [2.45, 2.75) is 18.9 Å². The van der Waals surface area contributed by atoms with E-state index in [1.165, 1.54) is 18.2 Å². The lowest BCUT2D eigenvalue weighted by molar-refractivity contribution is -0.111. The molecule has 122 valence electrons. The van der Waals surface area contributed by atoms with Crippen LogP contribution in [0.15, 0.2) is 54.6 Å². The number of benzene rings is 2. The molecule has 3 rings (SSSR count). The van der Waals surface area contributed by atoms with Gasteiger partial charge in [-0.1, -0.05) is 24.3 Å². The summed E-state index contributed by atoms with van der Waals surface area (Å²) in [7, 11) is 0. The fourth-order valence-corrected chi connectivity index (χ4v) is 2.15. The van der Waals surface area contributed by atoms with Crippen molar-refractivity contribution in [1.82, 2.24) is 5.32 Å². The molecule has 0 radical (unpaired) electrons. The summed E-state index contributed by atoms with van der Waals surface area (Å²) in [5.41, 5.74) is 1.51. The summed E-state index contributed by atoms with van der Waals surface area (Å²) >= 11 is 0. The van der Waals surface area contributed by atoms with Crippen LogP contribution in [0.3, 0.4) is 0 Å². The molecule has 0 bridgehead atoms. The highest BCUT2D eigenvalue weighted by molar-refractivity contribution is 6.02. The van der Waals surface area contributed by atoms with Crippen LogP contribution in [0.4, 0.5) is 10.1 Å². The average molecular weight is 324 g/mol. The lowest BCUT2D eigenvalue weighted by atomic mass is 10.1. The van der Waals surface area contributed by atoms with Crippen molar-refractivity contribution < 1.29 is 14.0 Å². The molecule has 5 heteroatoms. The van der Waals surface area contributed by atoms with Gasteiger partial charge in [-0.05, 0) is 48.7 Å². The number of halogens is 1. The molecule has 1 aliphatic rings. The zero-order chi connectivity index (χ0) is 16.9. The normalized spacial score (nSPS) is 13.7. The molecule has 0 unspecified atom stereocenters. The van der Waals surface area contributed by atoms with Gasteiger partial charge in [0.2, 0.25) is 5.91 Å². The molecule has 0 atom stereocenters. The van der Waals surface area contributed by atoms with E-state index < -0.39 is 11.7 Å². The number of carbonyl (C=O) groups excluding carboxylic acids is 2. The van der Waals surface area contributed by atoms with E-state index in [9.17, 15) is 14.0 Å². The minimum absolute atomic E-state index is 0.0784. The number of nitrogens with one attached hydrogen (secondary N) is 2. The molecule has 1 saturated carbocycles. The van der Waals surface area contributed by atoms with Crippen molar-refractivity contribution in [3.8, 4) is 0 Å². The van der Waals surface area contributed by atoms with Gasteiger partial charge in [0.25, 0.3) is 5.91 Å². The Kier molecular flexibility index (Phi) is 4.70. The molecular formula is C19H17FN2O2. The maximum atomic E-state index is 13.5. The van der Waals surface area contributed by atoms with E-state index in [4.69, 9.17) is 0 Å². The van der Waals surface area contributed by atoms with Gasteiger partial charge in [-0.25, -0.2) is 4.39 Å². The Morgan fingerprint density at radius 2 is 1.75 bits per heavy atom. The summed E-state index contributed by atoms with van der Waals surface area (Å²) < 4.78 is 13.5. The fraction of sp³-hybridized carbons (Fsp3) is 0.158. The van der Waals surface area contributed by atoms with Gasteiger partial charge in [-0.3, -0.25) is 9.59 Å². The summed E-state index contributed by atoms with van der Waals surface area (Å²) in [6.45, 7) is 0. The quantitative estimate of drug-likeness (QED) is 0.829. The van der Waals surface area contributed by atoms with Crippen LogP contribution in [0.25, 0.3) is 6.08 Å². The van der Waals surface area contributed by atoms with E-state index in [0.717, 1.165) is 18.4 Å². The predicted octanol–water partition coefficient (Wildman–Crippen LogP) is 3.37. The lowest BCUT2D eigenvalue weighted by Gasteiger charge is -2.04. The molecule has 2 aromatic carbocycles. The second-order valence-electron chi connectivity index (χ2n) is 5.67. The topological polar surface area (TPSA) is 58.2 Å². The van der Waals surface area contributed by atoms with Crippen molar-refractivity contribution in [3.05, 3.63) is 71.6 Å². The summed E-state index contributed by atoms with van der Waals surface area (Å²) in [6, 6.07) is 13.2. The van der Waals surface area contributed by atoms with Crippen molar-refractivity contribution in [2.75, 3.05) is 5.32 Å². The molecule has 4 nitrogen and oxygen atoms in total. The van der Waals surface area contributed by atoms with E-state index in [-0.39, 0.29) is 11.6 Å². The Bertz CT molecular complexity index is 780. The van der Waals surface area contributed by atoms with Crippen molar-refractivity contribution in [3.63, 3.8) is 0 Å². The minimum Gasteiger partial charge on any atom is -0.349 e. The van der Waals surface area contributed by atoms with E-state index in [1.54, 1.807) is 42.5 Å². The zero-order valence-corrected chi connectivity index (χ0v) is 13.0. The van der Waals surface area contributed by atoms with E-state index in [0.29, 0.717) is 11.6 Å². The number of hydrogen-bond donors (Lipinski definition) is 2. The average Bonchev–Trinajstić information content (AvgIpc) is 3.39. The molecule has 0 aromatic heterocycles. The van der Waals surface area contributed by atoms with Crippen LogP contribution < -0.4 is 10.6 Å². The van der Waals surface area contributed by atoms with Gasteiger partial charge in [0.1, 0.15) is 5.82 Å². The highest BCUT2D eigenvalue weighted by atomic mass is 19.1. The molecule has 2 amide bonds. The number of amides is 2. The van der Waals surface area contributed by atoms with Gasteiger partial charge in [0, 0.05) is 17.7 Å². The number of rotatable bonds is 5. The van der Waals surface area contributed by atoms with E-state index >= 15 is 0 Å². The van der Waals surface area contributed by atoms with Gasteiger partial charge in [-0.2, -0.15) is 0 Å². The zero-order valence-electron chi connectivity index (χ0n) is 13.0. The maximum absolute atomic E-state index is 13.5. The lowest BCUT2D eigenvalue weighted by Crippen LogP contribution is -2.25. The van der Waals surface area contributed by atoms with Crippen molar-refractivity contribution in [1.29, 1.82) is 0 Å². The highest BCUT2D eigenvalue weighted by Gasteiger charge is 2.23. The predicted molar refractivity (Wildman–Crippen MR) is 91.0 cm³/mol. The molecule has 0 spiro atoms. The summed E-state index contributed by atoms with van der Waals surface area (Å²) in [5, 5.41) is 5.39. The number of para-hydroxylation sites is 1. The van der Waals surface area contributed by atoms with Crippen LogP contribution in [0.1, 0.15) is 28.8 Å². The van der Waals surface area contributed by atoms with Crippen LogP contribution in [0.5, 0.6) is 0 Å². The third kappa shape index (κ3) is 4.29. The number of anilines is 1. The van der Waals surface area contributed by atoms with Gasteiger partial charge in [0.05, 0.1) is 5.69 Å². The molecule has 1 aliphatic carbocycles.